The molecular formula is C15H28Cl2N4O2. The molecule has 23 heavy (non-hydrogen) atoms. The van der Waals surface area contributed by atoms with Crippen LogP contribution < -0.4 is 11.5 Å². The maximum Gasteiger partial charge on any atom is 0.239 e. The molecule has 0 fully saturated rings. The number of carbonyl (C=O) groups is 1. The summed E-state index contributed by atoms with van der Waals surface area (Å²) in [6.45, 7) is 5.91. The average Bonchev–Trinajstić information content (AvgIpc) is 2.89. The zero-order chi connectivity index (χ0) is 15.4. The molecule has 2 rings (SSSR count). The van der Waals surface area contributed by atoms with Crippen LogP contribution in [-0.4, -0.2) is 34.9 Å². The van der Waals surface area contributed by atoms with Gasteiger partial charge in [0, 0.05) is 18.9 Å². The van der Waals surface area contributed by atoms with Gasteiger partial charge in [-0.1, -0.05) is 20.3 Å². The lowest BCUT2D eigenvalue weighted by Crippen LogP contribution is -2.45. The van der Waals surface area contributed by atoms with E-state index in [1.54, 1.807) is 4.90 Å². The van der Waals surface area contributed by atoms with E-state index in [-0.39, 0.29) is 36.6 Å². The minimum Gasteiger partial charge on any atom is -0.445 e. The molecule has 4 N–H and O–H groups in total. The van der Waals surface area contributed by atoms with Crippen molar-refractivity contribution in [2.75, 3.05) is 13.1 Å². The summed E-state index contributed by atoms with van der Waals surface area (Å²) in [6, 6.07) is -0.436. The smallest absolute Gasteiger partial charge is 0.239 e. The predicted octanol–water partition coefficient (Wildman–Crippen LogP) is 1.98. The molecule has 0 aromatic carbocycles. The largest absolute Gasteiger partial charge is 0.445 e. The fourth-order valence-electron chi connectivity index (χ4n) is 2.52. The lowest BCUT2D eigenvalue weighted by molar-refractivity contribution is -0.133. The SMILES string of the molecule is CC(C)c1nc2c(o1)CCN(C(=O)[C@@H](N)CCCCN)C2.Cl.Cl. The Kier molecular flexibility index (Phi) is 9.77. The van der Waals surface area contributed by atoms with Gasteiger partial charge in [-0.25, -0.2) is 4.98 Å². The number of oxazole rings is 1. The zero-order valence-corrected chi connectivity index (χ0v) is 15.4. The van der Waals surface area contributed by atoms with Crippen LogP contribution >= 0.6 is 24.8 Å². The number of carbonyl (C=O) groups excluding carboxylic acids is 1. The zero-order valence-electron chi connectivity index (χ0n) is 13.8. The van der Waals surface area contributed by atoms with Crippen molar-refractivity contribution in [3.8, 4) is 0 Å². The van der Waals surface area contributed by atoms with E-state index >= 15 is 0 Å². The Morgan fingerprint density at radius 3 is 2.65 bits per heavy atom. The second-order valence-electron chi connectivity index (χ2n) is 5.98. The van der Waals surface area contributed by atoms with Crippen molar-refractivity contribution in [1.82, 2.24) is 9.88 Å². The number of nitrogens with zero attached hydrogens (tertiary/aromatic N) is 2. The van der Waals surface area contributed by atoms with Crippen LogP contribution in [0.25, 0.3) is 0 Å². The van der Waals surface area contributed by atoms with Gasteiger partial charge in [-0.2, -0.15) is 0 Å². The van der Waals surface area contributed by atoms with Crippen LogP contribution in [0.15, 0.2) is 4.42 Å². The number of nitrogens with two attached hydrogens (primary N) is 2. The van der Waals surface area contributed by atoms with Crippen LogP contribution in [0, 0.1) is 0 Å². The van der Waals surface area contributed by atoms with E-state index in [2.05, 4.69) is 4.98 Å². The van der Waals surface area contributed by atoms with E-state index in [9.17, 15) is 4.79 Å². The Bertz CT molecular complexity index is 494. The summed E-state index contributed by atoms with van der Waals surface area (Å²) >= 11 is 0. The third kappa shape index (κ3) is 5.64. The van der Waals surface area contributed by atoms with Crippen molar-refractivity contribution >= 4 is 30.7 Å². The molecule has 134 valence electrons. The summed E-state index contributed by atoms with van der Waals surface area (Å²) in [7, 11) is 0. The first kappa shape index (κ1) is 22.2. The molecule has 8 heteroatoms. The van der Waals surface area contributed by atoms with Crippen LogP contribution in [0.2, 0.25) is 0 Å². The van der Waals surface area contributed by atoms with Crippen molar-refractivity contribution in [2.45, 2.75) is 58.0 Å². The van der Waals surface area contributed by atoms with Crippen molar-refractivity contribution in [2.24, 2.45) is 11.5 Å². The highest BCUT2D eigenvalue weighted by atomic mass is 35.5. The Hall–Kier alpha value is -0.820. The first-order chi connectivity index (χ1) is 10.0. The van der Waals surface area contributed by atoms with Gasteiger partial charge in [0.15, 0.2) is 5.89 Å². The highest BCUT2D eigenvalue weighted by Gasteiger charge is 2.28. The van der Waals surface area contributed by atoms with Crippen LogP contribution in [0.3, 0.4) is 0 Å². The van der Waals surface area contributed by atoms with E-state index in [1.807, 2.05) is 13.8 Å². The van der Waals surface area contributed by atoms with E-state index in [0.29, 0.717) is 26.1 Å². The van der Waals surface area contributed by atoms with Gasteiger partial charge in [0.25, 0.3) is 0 Å². The van der Waals surface area contributed by atoms with Gasteiger partial charge < -0.3 is 20.8 Å². The van der Waals surface area contributed by atoms with Gasteiger partial charge >= 0.3 is 0 Å². The Morgan fingerprint density at radius 1 is 1.35 bits per heavy atom. The molecule has 1 aliphatic rings. The number of unbranched alkanes of at least 4 members (excludes halogenated alkanes) is 1. The summed E-state index contributed by atoms with van der Waals surface area (Å²) in [5.41, 5.74) is 12.3. The van der Waals surface area contributed by atoms with E-state index in [4.69, 9.17) is 15.9 Å². The molecular weight excluding hydrogens is 339 g/mol. The Balaban J connectivity index is 0.00000242. The number of hydrogen-bond acceptors (Lipinski definition) is 5. The molecule has 1 atom stereocenters. The van der Waals surface area contributed by atoms with Crippen LogP contribution in [-0.2, 0) is 17.8 Å². The van der Waals surface area contributed by atoms with Crippen LogP contribution in [0.5, 0.6) is 0 Å². The lowest BCUT2D eigenvalue weighted by atomic mass is 10.1. The summed E-state index contributed by atoms with van der Waals surface area (Å²) in [5.74, 6) is 1.94. The number of rotatable bonds is 6. The highest BCUT2D eigenvalue weighted by molar-refractivity contribution is 5.85. The van der Waals surface area contributed by atoms with Gasteiger partial charge in [-0.05, 0) is 19.4 Å². The molecule has 0 spiro atoms. The molecule has 1 aromatic heterocycles. The van der Waals surface area contributed by atoms with Crippen molar-refractivity contribution < 1.29 is 9.21 Å². The lowest BCUT2D eigenvalue weighted by Gasteiger charge is -2.27. The van der Waals surface area contributed by atoms with E-state index < -0.39 is 6.04 Å². The van der Waals surface area contributed by atoms with Gasteiger partial charge in [0.05, 0.1) is 12.6 Å². The number of aromatic nitrogens is 1. The van der Waals surface area contributed by atoms with E-state index in [0.717, 1.165) is 36.6 Å². The van der Waals surface area contributed by atoms with Crippen molar-refractivity contribution in [1.29, 1.82) is 0 Å². The average molecular weight is 367 g/mol. The molecule has 0 saturated carbocycles. The summed E-state index contributed by atoms with van der Waals surface area (Å²) < 4.78 is 5.74. The summed E-state index contributed by atoms with van der Waals surface area (Å²) in [5, 5.41) is 0. The number of hydrogen-bond donors (Lipinski definition) is 2. The minimum absolute atomic E-state index is 0. The first-order valence-corrected chi connectivity index (χ1v) is 7.75. The molecule has 1 aliphatic heterocycles. The van der Waals surface area contributed by atoms with Crippen molar-refractivity contribution in [3.05, 3.63) is 17.3 Å². The molecule has 0 bridgehead atoms. The predicted molar refractivity (Wildman–Crippen MR) is 95.1 cm³/mol. The number of halogens is 2. The standard InChI is InChI=1S/C15H26N4O2.2ClH/c1-10(2)14-18-12-9-19(8-6-13(12)21-14)15(20)11(17)5-3-4-7-16;;/h10-11H,3-9,16-17H2,1-2H3;2*1H/t11-;;/m0../s1. The van der Waals surface area contributed by atoms with Gasteiger partial charge in [-0.15, -0.1) is 24.8 Å². The molecule has 6 nitrogen and oxygen atoms in total. The minimum atomic E-state index is -0.436. The van der Waals surface area contributed by atoms with E-state index in [1.165, 1.54) is 0 Å². The molecule has 0 saturated heterocycles. The second kappa shape index (κ2) is 10.1. The normalized spacial score (nSPS) is 14.7. The van der Waals surface area contributed by atoms with Crippen molar-refractivity contribution in [3.63, 3.8) is 0 Å². The molecule has 0 radical (unpaired) electrons. The number of amides is 1. The molecule has 0 aliphatic carbocycles. The second-order valence-corrected chi connectivity index (χ2v) is 5.98. The summed E-state index contributed by atoms with van der Waals surface area (Å²) in [4.78, 5) is 18.6. The number of fused-ring (bicyclic) bond motifs is 1. The molecule has 1 aromatic rings. The Labute approximate surface area is 150 Å². The maximum absolute atomic E-state index is 12.4. The highest BCUT2D eigenvalue weighted by Crippen LogP contribution is 2.24. The summed E-state index contributed by atoms with van der Waals surface area (Å²) in [6.07, 6.45) is 3.21. The quantitative estimate of drug-likeness (QED) is 0.749. The molecule has 1 amide bonds. The first-order valence-electron chi connectivity index (χ1n) is 7.75. The third-order valence-corrected chi connectivity index (χ3v) is 3.84. The fourth-order valence-corrected chi connectivity index (χ4v) is 2.52. The topological polar surface area (TPSA) is 98.4 Å². The Morgan fingerprint density at radius 2 is 2.04 bits per heavy atom. The molecule has 0 unspecified atom stereocenters. The van der Waals surface area contributed by atoms with Crippen LogP contribution in [0.1, 0.15) is 56.4 Å². The molecule has 2 heterocycles. The monoisotopic (exact) mass is 366 g/mol. The van der Waals surface area contributed by atoms with Crippen LogP contribution in [0.4, 0.5) is 0 Å². The van der Waals surface area contributed by atoms with Gasteiger partial charge in [0.1, 0.15) is 11.5 Å². The van der Waals surface area contributed by atoms with Gasteiger partial charge in [-0.3, -0.25) is 4.79 Å². The van der Waals surface area contributed by atoms with Gasteiger partial charge in [0.2, 0.25) is 5.91 Å². The maximum atomic E-state index is 12.4. The fraction of sp³-hybridized carbons (Fsp3) is 0.733. The third-order valence-electron chi connectivity index (χ3n) is 3.84.